The summed E-state index contributed by atoms with van der Waals surface area (Å²) in [4.78, 5) is 24.3. The molecule has 150 valence electrons. The minimum absolute atomic E-state index is 0.0601. The summed E-state index contributed by atoms with van der Waals surface area (Å²) in [6, 6.07) is 16.9. The van der Waals surface area contributed by atoms with Gasteiger partial charge in [0.15, 0.2) is 0 Å². The van der Waals surface area contributed by atoms with Gasteiger partial charge in [-0.3, -0.25) is 4.79 Å². The fourth-order valence-electron chi connectivity index (χ4n) is 2.78. The fourth-order valence-corrected chi connectivity index (χ4v) is 2.78. The van der Waals surface area contributed by atoms with Crippen LogP contribution in [0.25, 0.3) is 0 Å². The molecule has 5 nitrogen and oxygen atoms in total. The monoisotopic (exact) mass is 383 g/mol. The lowest BCUT2D eigenvalue weighted by Gasteiger charge is -2.20. The summed E-state index contributed by atoms with van der Waals surface area (Å²) in [5, 5.41) is 2.71. The Balaban J connectivity index is 1.91. The van der Waals surface area contributed by atoms with Gasteiger partial charge in [0.1, 0.15) is 12.6 Å². The van der Waals surface area contributed by atoms with E-state index < -0.39 is 12.0 Å². The molecule has 0 fully saturated rings. The van der Waals surface area contributed by atoms with E-state index in [4.69, 9.17) is 9.47 Å². The van der Waals surface area contributed by atoms with Gasteiger partial charge in [-0.05, 0) is 22.1 Å². The molecular weight excluding hydrogens is 354 g/mol. The van der Waals surface area contributed by atoms with Gasteiger partial charge in [-0.15, -0.1) is 0 Å². The molecule has 5 heteroatoms. The maximum Gasteiger partial charge on any atom is 0.328 e. The summed E-state index contributed by atoms with van der Waals surface area (Å²) in [6.45, 7) is 6.66. The van der Waals surface area contributed by atoms with E-state index in [1.807, 2.05) is 42.5 Å². The van der Waals surface area contributed by atoms with Crippen molar-refractivity contribution in [1.82, 2.24) is 5.32 Å². The van der Waals surface area contributed by atoms with Crippen molar-refractivity contribution >= 4 is 11.9 Å². The molecule has 0 unspecified atom stereocenters. The van der Waals surface area contributed by atoms with Crippen LogP contribution >= 0.6 is 0 Å². The van der Waals surface area contributed by atoms with Crippen LogP contribution in [0, 0.1) is 0 Å². The zero-order chi connectivity index (χ0) is 20.6. The van der Waals surface area contributed by atoms with Crippen LogP contribution < -0.4 is 5.32 Å². The van der Waals surface area contributed by atoms with E-state index >= 15 is 0 Å². The van der Waals surface area contributed by atoms with Gasteiger partial charge in [-0.2, -0.15) is 0 Å². The maximum absolute atomic E-state index is 12.2. The quantitative estimate of drug-likeness (QED) is 0.710. The Morgan fingerprint density at radius 1 is 0.964 bits per heavy atom. The molecule has 1 N–H and O–H groups in total. The molecule has 0 radical (unpaired) electrons. The van der Waals surface area contributed by atoms with Gasteiger partial charge in [0.05, 0.1) is 13.7 Å². The summed E-state index contributed by atoms with van der Waals surface area (Å²) < 4.78 is 10.3. The maximum atomic E-state index is 12.2. The second kappa shape index (κ2) is 10.0. The molecule has 0 saturated heterocycles. The highest BCUT2D eigenvalue weighted by molar-refractivity contribution is 5.85. The van der Waals surface area contributed by atoms with Gasteiger partial charge in [-0.25, -0.2) is 4.79 Å². The minimum atomic E-state index is -0.752. The van der Waals surface area contributed by atoms with Crippen LogP contribution in [0.15, 0.2) is 54.6 Å². The van der Waals surface area contributed by atoms with Crippen LogP contribution in [0.1, 0.15) is 37.5 Å². The molecule has 0 aliphatic carbocycles. The van der Waals surface area contributed by atoms with Crippen LogP contribution in [0.3, 0.4) is 0 Å². The number of carbonyl (C=O) groups is 2. The molecule has 1 atom stereocenters. The van der Waals surface area contributed by atoms with Gasteiger partial charge in [0.2, 0.25) is 5.91 Å². The average Bonchev–Trinajstić information content (AvgIpc) is 2.67. The van der Waals surface area contributed by atoms with Gasteiger partial charge < -0.3 is 14.8 Å². The zero-order valence-electron chi connectivity index (χ0n) is 17.0. The summed E-state index contributed by atoms with van der Waals surface area (Å²) >= 11 is 0. The van der Waals surface area contributed by atoms with Crippen LogP contribution in [-0.4, -0.2) is 31.6 Å². The van der Waals surface area contributed by atoms with Crippen molar-refractivity contribution in [2.24, 2.45) is 0 Å². The van der Waals surface area contributed by atoms with Crippen molar-refractivity contribution in [3.05, 3.63) is 71.3 Å². The third-order valence-electron chi connectivity index (χ3n) is 4.43. The highest BCUT2D eigenvalue weighted by Gasteiger charge is 2.22. The Bertz CT molecular complexity index is 763. The standard InChI is InChI=1S/C23H29NO4/c1-23(2,3)19-12-10-17(11-13-19)14-20(22(26)27-4)24-21(25)16-28-15-18-8-6-5-7-9-18/h5-13,20H,14-16H2,1-4H3,(H,24,25)/t20-/m0/s1. The number of carbonyl (C=O) groups excluding carboxylic acids is 2. The summed E-state index contributed by atoms with van der Waals surface area (Å²) in [7, 11) is 1.32. The molecule has 0 aliphatic rings. The third kappa shape index (κ3) is 6.82. The Hall–Kier alpha value is -2.66. The highest BCUT2D eigenvalue weighted by Crippen LogP contribution is 2.22. The van der Waals surface area contributed by atoms with Crippen molar-refractivity contribution in [3.8, 4) is 0 Å². The number of ether oxygens (including phenoxy) is 2. The van der Waals surface area contributed by atoms with Crippen LogP contribution in [-0.2, 0) is 37.5 Å². The van der Waals surface area contributed by atoms with Crippen molar-refractivity contribution < 1.29 is 19.1 Å². The van der Waals surface area contributed by atoms with Crippen LogP contribution in [0.4, 0.5) is 0 Å². The van der Waals surface area contributed by atoms with Crippen LogP contribution in [0.5, 0.6) is 0 Å². The number of rotatable bonds is 8. The molecule has 0 bridgehead atoms. The third-order valence-corrected chi connectivity index (χ3v) is 4.43. The van der Waals surface area contributed by atoms with E-state index in [2.05, 4.69) is 38.2 Å². The van der Waals surface area contributed by atoms with E-state index in [9.17, 15) is 9.59 Å². The number of hydrogen-bond donors (Lipinski definition) is 1. The minimum Gasteiger partial charge on any atom is -0.467 e. The van der Waals surface area contributed by atoms with Gasteiger partial charge in [0.25, 0.3) is 0 Å². The fraction of sp³-hybridized carbons (Fsp3) is 0.391. The topological polar surface area (TPSA) is 64.6 Å². The average molecular weight is 383 g/mol. The van der Waals surface area contributed by atoms with Gasteiger partial charge in [-0.1, -0.05) is 75.4 Å². The lowest BCUT2D eigenvalue weighted by Crippen LogP contribution is -2.44. The molecule has 2 aromatic carbocycles. The van der Waals surface area contributed by atoms with Crippen LogP contribution in [0.2, 0.25) is 0 Å². The smallest absolute Gasteiger partial charge is 0.328 e. The first kappa shape index (κ1) is 21.6. The van der Waals surface area contributed by atoms with Gasteiger partial charge >= 0.3 is 5.97 Å². The number of nitrogens with one attached hydrogen (secondary N) is 1. The van der Waals surface area contributed by atoms with E-state index in [-0.39, 0.29) is 17.9 Å². The van der Waals surface area contributed by atoms with Crippen molar-refractivity contribution in [3.63, 3.8) is 0 Å². The highest BCUT2D eigenvalue weighted by atomic mass is 16.5. The first-order valence-corrected chi connectivity index (χ1v) is 9.38. The Morgan fingerprint density at radius 3 is 2.18 bits per heavy atom. The molecule has 0 saturated carbocycles. The van der Waals surface area contributed by atoms with E-state index in [0.717, 1.165) is 11.1 Å². The molecule has 2 aromatic rings. The molecule has 0 heterocycles. The lowest BCUT2D eigenvalue weighted by atomic mass is 9.86. The molecule has 0 spiro atoms. The lowest BCUT2D eigenvalue weighted by molar-refractivity contribution is -0.145. The van der Waals surface area contributed by atoms with Crippen molar-refractivity contribution in [1.29, 1.82) is 0 Å². The summed E-state index contributed by atoms with van der Waals surface area (Å²) in [5.74, 6) is -0.825. The Kier molecular flexibility index (Phi) is 7.76. The molecule has 28 heavy (non-hydrogen) atoms. The van der Waals surface area contributed by atoms with Crippen molar-refractivity contribution in [2.75, 3.05) is 13.7 Å². The molecule has 0 aliphatic heterocycles. The molecule has 1 amide bonds. The number of hydrogen-bond acceptors (Lipinski definition) is 4. The Labute approximate surface area is 167 Å². The summed E-state index contributed by atoms with van der Waals surface area (Å²) in [5.41, 5.74) is 3.21. The second-order valence-corrected chi connectivity index (χ2v) is 7.77. The molecular formula is C23H29NO4. The number of methoxy groups -OCH3 is 1. The normalized spacial score (nSPS) is 12.3. The van der Waals surface area contributed by atoms with Gasteiger partial charge in [0, 0.05) is 6.42 Å². The predicted molar refractivity (Wildman–Crippen MR) is 109 cm³/mol. The first-order valence-electron chi connectivity index (χ1n) is 9.38. The van der Waals surface area contributed by atoms with E-state index in [1.54, 1.807) is 0 Å². The number of esters is 1. The molecule has 2 rings (SSSR count). The molecule has 0 aromatic heterocycles. The number of benzene rings is 2. The predicted octanol–water partition coefficient (Wildman–Crippen LogP) is 3.40. The van der Waals surface area contributed by atoms with Crippen molar-refractivity contribution in [2.45, 2.75) is 45.3 Å². The number of amides is 1. The summed E-state index contributed by atoms with van der Waals surface area (Å²) in [6.07, 6.45) is 0.363. The SMILES string of the molecule is COC(=O)[C@H](Cc1ccc(C(C)(C)C)cc1)NC(=O)COCc1ccccc1. The van der Waals surface area contributed by atoms with E-state index in [0.29, 0.717) is 13.0 Å². The van der Waals surface area contributed by atoms with E-state index in [1.165, 1.54) is 12.7 Å². The zero-order valence-corrected chi connectivity index (χ0v) is 17.0. The first-order chi connectivity index (χ1) is 13.3. The Morgan fingerprint density at radius 2 is 1.61 bits per heavy atom. The second-order valence-electron chi connectivity index (χ2n) is 7.77. The largest absolute Gasteiger partial charge is 0.467 e.